The minimum absolute atomic E-state index is 0.393. The van der Waals surface area contributed by atoms with E-state index in [1.54, 1.807) is 0 Å². The van der Waals surface area contributed by atoms with Gasteiger partial charge in [-0.15, -0.1) is 9.24 Å². The molecule has 0 aromatic rings. The summed E-state index contributed by atoms with van der Waals surface area (Å²) in [4.78, 5) is 0. The predicted molar refractivity (Wildman–Crippen MR) is 105 cm³/mol. The molecule has 134 valence electrons. The number of rotatable bonds is 3. The largest absolute Gasteiger partial charge is 0.247 e. The first kappa shape index (κ1) is 18.5. The first-order chi connectivity index (χ1) is 11.1. The molecule has 0 bridgehead atoms. The molecule has 0 radical (unpaired) electrons. The average Bonchev–Trinajstić information content (AvgIpc) is 2.55. The zero-order valence-corrected chi connectivity index (χ0v) is 17.0. The van der Waals surface area contributed by atoms with Gasteiger partial charge in [0.05, 0.1) is 0 Å². The van der Waals surface area contributed by atoms with Crippen molar-refractivity contribution in [1.82, 2.24) is 0 Å². The highest BCUT2D eigenvalue weighted by atomic mass is 32.2. The Morgan fingerprint density at radius 1 is 0.826 bits per heavy atom. The molecule has 7 unspecified atom stereocenters. The number of hydrogen-bond acceptors (Lipinski definition) is 1. The molecule has 0 aliphatic heterocycles. The maximum Gasteiger partial charge on any atom is 0.103 e. The van der Waals surface area contributed by atoms with Crippen LogP contribution in [0.4, 0.5) is 4.39 Å². The Bertz CT molecular complexity index is 369. The van der Waals surface area contributed by atoms with Crippen LogP contribution >= 0.6 is 21.0 Å². The van der Waals surface area contributed by atoms with Crippen molar-refractivity contribution in [2.45, 2.75) is 88.2 Å². The number of alkyl halides is 1. The lowest BCUT2D eigenvalue weighted by molar-refractivity contribution is 0.0391. The zero-order valence-electron chi connectivity index (χ0n) is 15.1. The second-order valence-electron chi connectivity index (χ2n) is 8.77. The van der Waals surface area contributed by atoms with Gasteiger partial charge in [0.1, 0.15) is 6.17 Å². The minimum atomic E-state index is -0.511. The van der Waals surface area contributed by atoms with E-state index >= 15 is 0 Å². The van der Waals surface area contributed by atoms with Gasteiger partial charge in [0.25, 0.3) is 0 Å². The SMILES string of the molecule is CSC1CCC(C2CCC(C3CCC(C)CC3)C(F)C2)C(P)C1. The quantitative estimate of drug-likeness (QED) is 0.530. The molecule has 23 heavy (non-hydrogen) atoms. The first-order valence-electron chi connectivity index (χ1n) is 10.0. The molecule has 3 fully saturated rings. The summed E-state index contributed by atoms with van der Waals surface area (Å²) in [7, 11) is 3.11. The van der Waals surface area contributed by atoms with Crippen LogP contribution < -0.4 is 0 Å². The van der Waals surface area contributed by atoms with Crippen molar-refractivity contribution < 1.29 is 4.39 Å². The molecular formula is C20H36FPS. The molecule has 0 aromatic heterocycles. The fourth-order valence-corrected chi connectivity index (χ4v) is 7.61. The van der Waals surface area contributed by atoms with Crippen LogP contribution in [0, 0.1) is 29.6 Å². The maximum absolute atomic E-state index is 15.0. The lowest BCUT2D eigenvalue weighted by Crippen LogP contribution is -2.39. The molecule has 3 aliphatic carbocycles. The molecule has 7 atom stereocenters. The van der Waals surface area contributed by atoms with E-state index in [1.807, 2.05) is 11.8 Å². The second kappa shape index (κ2) is 8.39. The van der Waals surface area contributed by atoms with Gasteiger partial charge in [-0.1, -0.05) is 19.8 Å². The fraction of sp³-hybridized carbons (Fsp3) is 1.00. The lowest BCUT2D eigenvalue weighted by atomic mass is 9.65. The summed E-state index contributed by atoms with van der Waals surface area (Å²) in [5.74, 6) is 3.40. The fourth-order valence-electron chi connectivity index (χ4n) is 5.79. The van der Waals surface area contributed by atoms with E-state index < -0.39 is 6.17 Å². The Labute approximate surface area is 149 Å². The molecule has 0 N–H and O–H groups in total. The maximum atomic E-state index is 15.0. The van der Waals surface area contributed by atoms with Crippen LogP contribution in [0.2, 0.25) is 0 Å². The number of hydrogen-bond donors (Lipinski definition) is 0. The Hall–Kier alpha value is 0.710. The van der Waals surface area contributed by atoms with Crippen LogP contribution in [-0.4, -0.2) is 23.3 Å². The summed E-state index contributed by atoms with van der Waals surface area (Å²) in [6.45, 7) is 2.37. The molecule has 3 rings (SSSR count). The lowest BCUT2D eigenvalue weighted by Gasteiger charge is -2.44. The van der Waals surface area contributed by atoms with Crippen molar-refractivity contribution in [2.75, 3.05) is 6.26 Å². The highest BCUT2D eigenvalue weighted by Gasteiger charge is 2.41. The van der Waals surface area contributed by atoms with Crippen molar-refractivity contribution in [3.8, 4) is 0 Å². The van der Waals surface area contributed by atoms with Gasteiger partial charge in [0, 0.05) is 5.25 Å². The van der Waals surface area contributed by atoms with Gasteiger partial charge in [-0.3, -0.25) is 0 Å². The van der Waals surface area contributed by atoms with Gasteiger partial charge < -0.3 is 0 Å². The van der Waals surface area contributed by atoms with Crippen LogP contribution in [0.5, 0.6) is 0 Å². The highest BCUT2D eigenvalue weighted by molar-refractivity contribution is 7.99. The molecule has 0 aromatic carbocycles. The Morgan fingerprint density at radius 2 is 1.48 bits per heavy atom. The van der Waals surface area contributed by atoms with Gasteiger partial charge in [0.2, 0.25) is 0 Å². The predicted octanol–water partition coefficient (Wildman–Crippen LogP) is 6.34. The van der Waals surface area contributed by atoms with Gasteiger partial charge in [-0.2, -0.15) is 11.8 Å². The smallest absolute Gasteiger partial charge is 0.103 e. The molecule has 0 nitrogen and oxygen atoms in total. The van der Waals surface area contributed by atoms with Crippen molar-refractivity contribution in [3.05, 3.63) is 0 Å². The van der Waals surface area contributed by atoms with E-state index in [0.29, 0.717) is 17.8 Å². The average molecular weight is 359 g/mol. The summed E-state index contributed by atoms with van der Waals surface area (Å²) in [6.07, 6.45) is 14.4. The van der Waals surface area contributed by atoms with Crippen LogP contribution in [0.25, 0.3) is 0 Å². The van der Waals surface area contributed by atoms with Gasteiger partial charge in [-0.25, -0.2) is 4.39 Å². The summed E-state index contributed by atoms with van der Waals surface area (Å²) in [6, 6.07) is 0. The molecular weight excluding hydrogens is 322 g/mol. The molecule has 0 amide bonds. The Morgan fingerprint density at radius 3 is 2.09 bits per heavy atom. The Balaban J connectivity index is 1.52. The third-order valence-electron chi connectivity index (χ3n) is 7.38. The minimum Gasteiger partial charge on any atom is -0.247 e. The van der Waals surface area contributed by atoms with Crippen molar-refractivity contribution >= 4 is 21.0 Å². The molecule has 0 heterocycles. The van der Waals surface area contributed by atoms with E-state index in [1.165, 1.54) is 57.8 Å². The zero-order chi connectivity index (χ0) is 16.4. The third-order valence-corrected chi connectivity index (χ3v) is 9.24. The van der Waals surface area contributed by atoms with Crippen LogP contribution in [0.3, 0.4) is 0 Å². The number of thioether (sulfide) groups is 1. The number of halogens is 1. The molecule has 3 aliphatic rings. The van der Waals surface area contributed by atoms with E-state index in [9.17, 15) is 4.39 Å². The second-order valence-corrected chi connectivity index (χ2v) is 10.8. The van der Waals surface area contributed by atoms with Gasteiger partial charge in [0.15, 0.2) is 0 Å². The summed E-state index contributed by atoms with van der Waals surface area (Å²) in [5, 5.41) is 0.843. The summed E-state index contributed by atoms with van der Waals surface area (Å²) in [5.41, 5.74) is 0.727. The third kappa shape index (κ3) is 4.46. The summed E-state index contributed by atoms with van der Waals surface area (Å²) < 4.78 is 15.0. The van der Waals surface area contributed by atoms with Crippen molar-refractivity contribution in [2.24, 2.45) is 29.6 Å². The topological polar surface area (TPSA) is 0 Å². The Kier molecular flexibility index (Phi) is 6.75. The molecule has 3 heteroatoms. The van der Waals surface area contributed by atoms with Crippen LogP contribution in [0.15, 0.2) is 0 Å². The van der Waals surface area contributed by atoms with Crippen molar-refractivity contribution in [3.63, 3.8) is 0 Å². The van der Waals surface area contributed by atoms with Gasteiger partial charge >= 0.3 is 0 Å². The van der Waals surface area contributed by atoms with E-state index in [-0.39, 0.29) is 0 Å². The summed E-state index contributed by atoms with van der Waals surface area (Å²) >= 11 is 2.03. The monoisotopic (exact) mass is 358 g/mol. The molecule has 0 spiro atoms. The van der Waals surface area contributed by atoms with E-state index in [0.717, 1.165) is 29.2 Å². The van der Waals surface area contributed by atoms with Crippen molar-refractivity contribution in [1.29, 1.82) is 0 Å². The van der Waals surface area contributed by atoms with E-state index in [4.69, 9.17) is 0 Å². The molecule has 0 saturated heterocycles. The van der Waals surface area contributed by atoms with Crippen LogP contribution in [0.1, 0.15) is 71.1 Å². The van der Waals surface area contributed by atoms with E-state index in [2.05, 4.69) is 22.4 Å². The normalized spacial score (nSPS) is 49.0. The highest BCUT2D eigenvalue weighted by Crippen LogP contribution is 2.48. The standard InChI is InChI=1S/C20H36FPS/c1-13-3-5-14(6-4-13)17-9-7-15(11-19(17)21)18-10-8-16(23-2)12-20(18)22/h13-20H,3-12,22H2,1-2H3. The van der Waals surface area contributed by atoms with Crippen LogP contribution in [-0.2, 0) is 0 Å². The first-order valence-corrected chi connectivity index (χ1v) is 12.0. The molecule has 3 saturated carbocycles. The van der Waals surface area contributed by atoms with Gasteiger partial charge in [-0.05, 0) is 92.9 Å².